The molecule has 0 aliphatic carbocycles. The van der Waals surface area contributed by atoms with Crippen LogP contribution in [0.25, 0.3) is 0 Å². The van der Waals surface area contributed by atoms with Crippen LogP contribution in [0.5, 0.6) is 0 Å². The van der Waals surface area contributed by atoms with Gasteiger partial charge in [0.1, 0.15) is 110 Å². The van der Waals surface area contributed by atoms with E-state index in [2.05, 4.69) is 25.1 Å². The molecule has 55 nitrogen and oxygen atoms in total. The first-order valence-corrected chi connectivity index (χ1v) is 36.2. The Bertz CT molecular complexity index is 3780. The molecule has 596 valence electrons. The van der Waals surface area contributed by atoms with E-state index in [-0.39, 0.29) is 236 Å². The van der Waals surface area contributed by atoms with Crippen molar-refractivity contribution >= 4 is 98.0 Å². The first-order valence-electron chi connectivity index (χ1n) is 28.0. The maximum absolute atomic E-state index is 13.4. The first-order chi connectivity index (χ1) is 47.2. The molecule has 0 radical (unpaired) electrons. The summed E-state index contributed by atoms with van der Waals surface area (Å²) in [5.74, 6) is -11.1. The van der Waals surface area contributed by atoms with Crippen molar-refractivity contribution < 1.29 is 476 Å². The van der Waals surface area contributed by atoms with Crippen LogP contribution in [0.3, 0.4) is 0 Å². The summed E-state index contributed by atoms with van der Waals surface area (Å²) >= 11 is 0. The summed E-state index contributed by atoms with van der Waals surface area (Å²) in [5.41, 5.74) is 0. The van der Waals surface area contributed by atoms with Crippen molar-refractivity contribution in [3.8, 4) is 0 Å². The Balaban J connectivity index is -0.0000146. The summed E-state index contributed by atoms with van der Waals surface area (Å²) in [4.78, 5) is 77.2. The average Bonchev–Trinajstić information content (AvgIpc) is 0.758. The first kappa shape index (κ1) is 118. The Labute approximate surface area is 803 Å². The van der Waals surface area contributed by atoms with Gasteiger partial charge in [-0.25, -0.2) is 39.5 Å². The van der Waals surface area contributed by atoms with Gasteiger partial charge in [0, 0.05) is 20.8 Å². The van der Waals surface area contributed by atoms with Crippen molar-refractivity contribution in [1.29, 1.82) is 0 Å². The van der Waals surface area contributed by atoms with Gasteiger partial charge in [0.25, 0.3) is 0 Å². The standard InChI is InChI=1S/C42H65N3O52S6.8Na/c1-7(49)43-13-23(20(92-98(63,64)65)10(4-46)81-37(13)62)84-41-30(96-102(75,76)77)18(54)26(32(90-41)35(58)59)87-39-15(45-9(3)51)25(22(12(6-48)83-39)94-100(69,70)71)86-42-31(97-103(78,79)80)19(55)27(33(91-42)36(60)61)88-38-14(44-8(2)50)24(21(11(5-47)82-38)93-99(66,67)68)85-40-29(95-101(72,73)74)17(53)16(52)28(89-40)34(56)57;;;;;;;;/h10-33,37-42,46-48,52-55,62H,4-6H2,1-3H3,(H,43,49)(H,44,50)(H,45,51)(H,56,57)(H,58,59)(H,60,61)(H,63,64,65)(H,66,67,68)(H,69,70,71)(H,72,73,74)(H,75,76,77)(H,78,79,80);;;;;;;;/q;8*+1/t10-,11-,12-,13-,14-,15-,16+,17+,18+,19+,20+,21+,22+,23-,24-,25-,26+,27+,28-,29-,30-,31-,32-,33-,37?,38?,39?,40-,41-,42-;;;;;;;;/m1......../s1. The van der Waals surface area contributed by atoms with Crippen molar-refractivity contribution in [3.05, 3.63) is 0 Å². The zero-order valence-electron chi connectivity index (χ0n) is 59.3. The maximum Gasteiger partial charge on any atom is 1.00 e. The van der Waals surface area contributed by atoms with E-state index in [1.54, 1.807) is 0 Å². The molecule has 3 unspecified atom stereocenters. The molecule has 6 aliphatic heterocycles. The molecule has 6 saturated heterocycles. The largest absolute Gasteiger partial charge is 1.00 e. The number of aliphatic hydroxyl groups excluding tert-OH is 8. The molecule has 0 aromatic rings. The number of carbonyl (C=O) groups excluding carboxylic acids is 3. The molecule has 0 saturated carbocycles. The number of carboxylic acids is 3. The van der Waals surface area contributed by atoms with Crippen LogP contribution in [0.1, 0.15) is 20.8 Å². The van der Waals surface area contributed by atoms with Crippen molar-refractivity contribution in [2.75, 3.05) is 19.8 Å². The number of aliphatic hydroxyl groups is 8. The van der Waals surface area contributed by atoms with Crippen LogP contribution in [0, 0.1) is 0 Å². The van der Waals surface area contributed by atoms with Crippen molar-refractivity contribution in [3.63, 3.8) is 0 Å². The number of ether oxygens (including phenoxy) is 11. The summed E-state index contributed by atoms with van der Waals surface area (Å²) in [5, 5.41) is 124. The van der Waals surface area contributed by atoms with Gasteiger partial charge in [0.15, 0.2) is 74.4 Å². The molecule has 0 aromatic carbocycles. The SMILES string of the molecule is CC(=O)N[C@H]1C(O)O[C@H](CO)[C@H](OS(=O)(=O)O)[C@@H]1O[C@@H]1O[C@@H](C(=O)O)[C@@H](OC2O[C@H](CO)[C@H](OS(=O)(=O)O)[C@H](O[C@@H]3O[C@@H](C(=O)O)[C@@H](OC4O[C@H](CO)[C@H](OS(=O)(=O)O)[C@H](O[C@@H]5O[C@@H](C(=O)O)[C@@H](O)[C@H](O)[C@H]5OS(=O)(=O)O)[C@H]4NC(C)=O)[C@H](O)[C@H]3OS(=O)(=O)O)[C@H]2NC(C)=O)[C@H](O)[C@H]1OS(=O)(=O)O.[Na+].[Na+].[Na+].[Na+].[Na+].[Na+].[Na+].[Na+]. The van der Waals surface area contributed by atoms with Crippen LogP contribution in [-0.4, -0.2) is 373 Å². The summed E-state index contributed by atoms with van der Waals surface area (Å²) in [7, 11) is -36.2. The predicted octanol–water partition coefficient (Wildman–Crippen LogP) is -38.4. The topological polar surface area (TPSA) is 844 Å². The predicted molar refractivity (Wildman–Crippen MR) is 298 cm³/mol. The van der Waals surface area contributed by atoms with Gasteiger partial charge in [-0.3, -0.25) is 41.7 Å². The zero-order chi connectivity index (χ0) is 78.0. The minimum absolute atomic E-state index is 0. The molecule has 111 heavy (non-hydrogen) atoms. The smallest absolute Gasteiger partial charge is 0.479 e. The molecular formula is C42H65N3Na8O52S6+8. The Morgan fingerprint density at radius 1 is 0.297 bits per heavy atom. The molecule has 69 heteroatoms. The second-order valence-corrected chi connectivity index (χ2v) is 28.4. The molecule has 6 fully saturated rings. The van der Waals surface area contributed by atoms with E-state index in [0.717, 1.165) is 6.92 Å². The summed E-state index contributed by atoms with van der Waals surface area (Å²) in [6, 6.07) is -7.65. The molecule has 6 heterocycles. The quantitative estimate of drug-likeness (QED) is 0.0226. The van der Waals surface area contributed by atoms with Crippen LogP contribution in [0.15, 0.2) is 0 Å². The molecule has 0 bridgehead atoms. The molecule has 30 atom stereocenters. The monoisotopic (exact) mass is 1820 g/mol. The van der Waals surface area contributed by atoms with E-state index in [0.29, 0.717) is 13.8 Å². The molecule has 0 spiro atoms. The number of carbonyl (C=O) groups is 6. The minimum atomic E-state index is -6.28. The number of carboxylic acid groups (broad SMARTS) is 3. The van der Waals surface area contributed by atoms with Gasteiger partial charge in [-0.2, -0.15) is 50.5 Å². The van der Waals surface area contributed by atoms with E-state index in [9.17, 15) is 163 Å². The van der Waals surface area contributed by atoms with E-state index in [1.807, 2.05) is 16.0 Å². The van der Waals surface area contributed by atoms with Crippen LogP contribution in [-0.2, 0) is 168 Å². The van der Waals surface area contributed by atoms with Gasteiger partial charge >= 0.3 is 317 Å². The second-order valence-electron chi connectivity index (χ2n) is 22.1. The van der Waals surface area contributed by atoms with Gasteiger partial charge in [-0.05, 0) is 0 Å². The van der Waals surface area contributed by atoms with Crippen molar-refractivity contribution in [2.45, 2.75) is 205 Å². The Hall–Kier alpha value is 3.28. The number of hydrogen-bond acceptors (Lipinski definition) is 43. The number of hydrogen-bond donors (Lipinski definition) is 20. The molecule has 3 amide bonds. The van der Waals surface area contributed by atoms with Gasteiger partial charge in [-0.1, -0.05) is 0 Å². The fraction of sp³-hybridized carbons (Fsp3) is 0.857. The molecule has 6 rings (SSSR count). The third kappa shape index (κ3) is 33.9. The molecular weight excluding hydrogens is 1750 g/mol. The van der Waals surface area contributed by atoms with Crippen molar-refractivity contribution in [2.24, 2.45) is 0 Å². The molecule has 6 aliphatic rings. The van der Waals surface area contributed by atoms with Crippen LogP contribution in [0.4, 0.5) is 0 Å². The molecule has 0 aromatic heterocycles. The third-order valence-corrected chi connectivity index (χ3v) is 17.6. The van der Waals surface area contributed by atoms with Crippen LogP contribution in [0.2, 0.25) is 0 Å². The Morgan fingerprint density at radius 3 is 0.775 bits per heavy atom. The third-order valence-electron chi connectivity index (χ3n) is 14.8. The van der Waals surface area contributed by atoms with Gasteiger partial charge in [0.05, 0.1) is 19.8 Å². The number of nitrogens with one attached hydrogen (secondary N) is 3. The van der Waals surface area contributed by atoms with Gasteiger partial charge in [-0.15, -0.1) is 0 Å². The van der Waals surface area contributed by atoms with Crippen molar-refractivity contribution in [1.82, 2.24) is 16.0 Å². The maximum atomic E-state index is 13.4. The minimum Gasteiger partial charge on any atom is -0.479 e. The van der Waals surface area contributed by atoms with E-state index in [4.69, 9.17) is 52.1 Å². The summed E-state index contributed by atoms with van der Waals surface area (Å²) in [6.07, 6.45) is -77.8. The molecule has 20 N–H and O–H groups in total. The van der Waals surface area contributed by atoms with Crippen LogP contribution < -0.4 is 252 Å². The number of rotatable bonds is 31. The Morgan fingerprint density at radius 2 is 0.523 bits per heavy atom. The van der Waals surface area contributed by atoms with E-state index in [1.165, 1.54) is 0 Å². The van der Waals surface area contributed by atoms with Crippen LogP contribution >= 0.6 is 0 Å². The fourth-order valence-electron chi connectivity index (χ4n) is 11.0. The number of aliphatic carboxylic acids is 3. The zero-order valence-corrected chi connectivity index (χ0v) is 80.2. The van der Waals surface area contributed by atoms with E-state index < -0.39 is 302 Å². The Kier molecular flexibility index (Phi) is 52.5. The normalized spacial score (nSPS) is 36.6. The summed E-state index contributed by atoms with van der Waals surface area (Å²) < 4.78 is 295. The average molecular weight is 1820 g/mol. The van der Waals surface area contributed by atoms with Gasteiger partial charge in [0.2, 0.25) is 17.7 Å². The van der Waals surface area contributed by atoms with E-state index >= 15 is 0 Å². The fourth-order valence-corrected chi connectivity index (χ4v) is 14.0. The van der Waals surface area contributed by atoms with Gasteiger partial charge < -0.3 is 124 Å². The number of amides is 3. The summed E-state index contributed by atoms with van der Waals surface area (Å²) in [6.45, 7) is -2.91. The second kappa shape index (κ2) is 49.3.